The fourth-order valence-corrected chi connectivity index (χ4v) is 4.53. The van der Waals surface area contributed by atoms with E-state index in [1.54, 1.807) is 23.0 Å². The molecule has 0 aliphatic carbocycles. The Labute approximate surface area is 228 Å². The van der Waals surface area contributed by atoms with Gasteiger partial charge in [0.25, 0.3) is 5.91 Å². The first-order chi connectivity index (χ1) is 18.7. The third-order valence-electron chi connectivity index (χ3n) is 6.14. The van der Waals surface area contributed by atoms with Gasteiger partial charge < -0.3 is 5.32 Å². The molecule has 1 N–H and O–H groups in total. The van der Waals surface area contributed by atoms with E-state index in [0.717, 1.165) is 26.9 Å². The number of fused-ring (bicyclic) bond motifs is 2. The van der Waals surface area contributed by atoms with Gasteiger partial charge in [0, 0.05) is 22.3 Å². The van der Waals surface area contributed by atoms with Crippen LogP contribution >= 0.6 is 15.9 Å². The van der Waals surface area contributed by atoms with Crippen LogP contribution in [0.15, 0.2) is 95.7 Å². The van der Waals surface area contributed by atoms with E-state index < -0.39 is 17.8 Å². The van der Waals surface area contributed by atoms with Crippen LogP contribution < -0.4 is 5.32 Å². The molecular formula is C28H18BrF3N6O. The summed E-state index contributed by atoms with van der Waals surface area (Å²) in [5.74, 6) is -0.677. The molecule has 3 heterocycles. The highest BCUT2D eigenvalue weighted by Gasteiger charge is 2.35. The molecule has 11 heteroatoms. The predicted octanol–water partition coefficient (Wildman–Crippen LogP) is 6.83. The second-order valence-corrected chi connectivity index (χ2v) is 9.81. The van der Waals surface area contributed by atoms with Crippen LogP contribution in [-0.4, -0.2) is 30.3 Å². The number of benzene rings is 3. The molecule has 6 aromatic rings. The Kier molecular flexibility index (Phi) is 6.15. The lowest BCUT2D eigenvalue weighted by Crippen LogP contribution is -2.15. The van der Waals surface area contributed by atoms with Crippen LogP contribution in [0.25, 0.3) is 27.7 Å². The van der Waals surface area contributed by atoms with E-state index in [1.165, 1.54) is 12.3 Å². The standard InChI is InChI=1S/C28H18BrF3N6O/c29-21-9-5-17(6-10-21)15-37-16-22(14-33-37)34-27(39)24-13-26-35-23(12-25(28(30,31)32)38(26)36-24)20-8-7-18-3-1-2-4-19(18)11-20/h1-14,16H,15H2,(H,34,39). The normalized spacial score (nSPS) is 11.8. The number of aromatic nitrogens is 5. The van der Waals surface area contributed by atoms with Crippen molar-refractivity contribution in [3.63, 3.8) is 0 Å². The molecule has 0 aliphatic rings. The summed E-state index contributed by atoms with van der Waals surface area (Å²) in [7, 11) is 0. The molecule has 0 aliphatic heterocycles. The molecule has 6 rings (SSSR count). The summed E-state index contributed by atoms with van der Waals surface area (Å²) in [5.41, 5.74) is 0.710. The smallest absolute Gasteiger partial charge is 0.318 e. The third kappa shape index (κ3) is 5.13. The van der Waals surface area contributed by atoms with Crippen molar-refractivity contribution in [2.24, 2.45) is 0 Å². The summed E-state index contributed by atoms with van der Waals surface area (Å²) < 4.78 is 45.3. The summed E-state index contributed by atoms with van der Waals surface area (Å²) >= 11 is 3.39. The topological polar surface area (TPSA) is 77.1 Å². The molecule has 0 radical (unpaired) electrons. The van der Waals surface area contributed by atoms with Crippen molar-refractivity contribution in [1.29, 1.82) is 0 Å². The zero-order valence-corrected chi connectivity index (χ0v) is 21.6. The molecular weight excluding hydrogens is 573 g/mol. The van der Waals surface area contributed by atoms with Gasteiger partial charge in [-0.3, -0.25) is 9.48 Å². The molecule has 39 heavy (non-hydrogen) atoms. The van der Waals surface area contributed by atoms with E-state index >= 15 is 0 Å². The van der Waals surface area contributed by atoms with E-state index in [4.69, 9.17) is 0 Å². The van der Waals surface area contributed by atoms with Crippen molar-refractivity contribution in [3.8, 4) is 11.3 Å². The number of anilines is 1. The van der Waals surface area contributed by atoms with Gasteiger partial charge in [-0.25, -0.2) is 9.50 Å². The monoisotopic (exact) mass is 590 g/mol. The van der Waals surface area contributed by atoms with E-state index in [-0.39, 0.29) is 17.0 Å². The highest BCUT2D eigenvalue weighted by atomic mass is 79.9. The number of hydrogen-bond acceptors (Lipinski definition) is 4. The molecule has 3 aromatic carbocycles. The van der Waals surface area contributed by atoms with Crippen molar-refractivity contribution >= 4 is 43.9 Å². The lowest BCUT2D eigenvalue weighted by atomic mass is 10.0. The van der Waals surface area contributed by atoms with Crippen molar-refractivity contribution in [1.82, 2.24) is 24.4 Å². The van der Waals surface area contributed by atoms with Gasteiger partial charge in [0.2, 0.25) is 0 Å². The minimum Gasteiger partial charge on any atom is -0.318 e. The summed E-state index contributed by atoms with van der Waals surface area (Å²) in [6.45, 7) is 0.480. The number of nitrogens with one attached hydrogen (secondary N) is 1. The van der Waals surface area contributed by atoms with Gasteiger partial charge in [0.05, 0.1) is 24.1 Å². The van der Waals surface area contributed by atoms with Crippen molar-refractivity contribution in [3.05, 3.63) is 113 Å². The minimum absolute atomic E-state index is 0.0935. The molecule has 7 nitrogen and oxygen atoms in total. The maximum Gasteiger partial charge on any atom is 0.433 e. The quantitative estimate of drug-likeness (QED) is 0.239. The molecule has 0 bridgehead atoms. The van der Waals surface area contributed by atoms with Crippen LogP contribution in [0.2, 0.25) is 0 Å². The molecule has 0 fully saturated rings. The first-order valence-electron chi connectivity index (χ1n) is 11.8. The van der Waals surface area contributed by atoms with Crippen LogP contribution in [-0.2, 0) is 12.7 Å². The van der Waals surface area contributed by atoms with Crippen LogP contribution in [0.3, 0.4) is 0 Å². The van der Waals surface area contributed by atoms with Gasteiger partial charge in [-0.15, -0.1) is 0 Å². The number of carbonyl (C=O) groups excluding carboxylic acids is 1. The summed E-state index contributed by atoms with van der Waals surface area (Å²) in [5, 5.41) is 12.7. The zero-order chi connectivity index (χ0) is 27.1. The Balaban J connectivity index is 1.30. The number of carbonyl (C=O) groups is 1. The van der Waals surface area contributed by atoms with Gasteiger partial charge in [-0.05, 0) is 40.6 Å². The molecule has 0 atom stereocenters. The van der Waals surface area contributed by atoms with E-state index in [2.05, 4.69) is 36.4 Å². The fraction of sp³-hybridized carbons (Fsp3) is 0.0714. The molecule has 0 saturated carbocycles. The molecule has 194 valence electrons. The summed E-state index contributed by atoms with van der Waals surface area (Å²) in [6, 6.07) is 22.8. The van der Waals surface area contributed by atoms with E-state index in [1.807, 2.05) is 54.6 Å². The van der Waals surface area contributed by atoms with Gasteiger partial charge in [-0.1, -0.05) is 64.5 Å². The summed E-state index contributed by atoms with van der Waals surface area (Å²) in [6.07, 6.45) is -1.63. The fourth-order valence-electron chi connectivity index (χ4n) is 4.27. The van der Waals surface area contributed by atoms with Crippen molar-refractivity contribution < 1.29 is 18.0 Å². The highest BCUT2D eigenvalue weighted by molar-refractivity contribution is 9.10. The van der Waals surface area contributed by atoms with Crippen molar-refractivity contribution in [2.45, 2.75) is 12.7 Å². The molecule has 0 spiro atoms. The van der Waals surface area contributed by atoms with Gasteiger partial charge >= 0.3 is 6.18 Å². The number of nitrogens with zero attached hydrogens (tertiary/aromatic N) is 5. The molecule has 0 unspecified atom stereocenters. The first-order valence-corrected chi connectivity index (χ1v) is 12.6. The lowest BCUT2D eigenvalue weighted by Gasteiger charge is -2.11. The van der Waals surface area contributed by atoms with Crippen LogP contribution in [0, 0.1) is 0 Å². The number of alkyl halides is 3. The average molecular weight is 591 g/mol. The number of halogens is 4. The highest BCUT2D eigenvalue weighted by Crippen LogP contribution is 2.33. The maximum atomic E-state index is 14.0. The Hall–Kier alpha value is -4.51. The minimum atomic E-state index is -4.72. The van der Waals surface area contributed by atoms with Gasteiger partial charge in [0.1, 0.15) is 0 Å². The number of hydrogen-bond donors (Lipinski definition) is 1. The average Bonchev–Trinajstić information content (AvgIpc) is 3.55. The van der Waals surface area contributed by atoms with Crippen LogP contribution in [0.5, 0.6) is 0 Å². The molecule has 0 saturated heterocycles. The van der Waals surface area contributed by atoms with Gasteiger partial charge in [-0.2, -0.15) is 23.4 Å². The van der Waals surface area contributed by atoms with Gasteiger partial charge in [0.15, 0.2) is 17.0 Å². The first kappa shape index (κ1) is 24.8. The molecule has 3 aromatic heterocycles. The largest absolute Gasteiger partial charge is 0.433 e. The Morgan fingerprint density at radius 1 is 0.949 bits per heavy atom. The van der Waals surface area contributed by atoms with Crippen LogP contribution in [0.1, 0.15) is 21.7 Å². The van der Waals surface area contributed by atoms with Crippen LogP contribution in [0.4, 0.5) is 18.9 Å². The number of rotatable bonds is 5. The predicted molar refractivity (Wildman–Crippen MR) is 144 cm³/mol. The second kappa shape index (κ2) is 9.66. The summed E-state index contributed by atoms with van der Waals surface area (Å²) in [4.78, 5) is 17.3. The SMILES string of the molecule is O=C(Nc1cnn(Cc2ccc(Br)cc2)c1)c1cc2nc(-c3ccc4ccccc4c3)cc(C(F)(F)F)n2n1. The zero-order valence-electron chi connectivity index (χ0n) is 20.0. The maximum absolute atomic E-state index is 14.0. The van der Waals surface area contributed by atoms with E-state index in [0.29, 0.717) is 22.3 Å². The number of amides is 1. The Bertz CT molecular complexity index is 1840. The van der Waals surface area contributed by atoms with E-state index in [9.17, 15) is 18.0 Å². The second-order valence-electron chi connectivity index (χ2n) is 8.89. The lowest BCUT2D eigenvalue weighted by molar-refractivity contribution is -0.142. The Morgan fingerprint density at radius 2 is 1.72 bits per heavy atom. The van der Waals surface area contributed by atoms with Crippen molar-refractivity contribution in [2.75, 3.05) is 5.32 Å². The molecule has 1 amide bonds. The third-order valence-corrected chi connectivity index (χ3v) is 6.67. The Morgan fingerprint density at radius 3 is 2.49 bits per heavy atom.